The fourth-order valence-electron chi connectivity index (χ4n) is 3.95. The van der Waals surface area contributed by atoms with Gasteiger partial charge in [-0.3, -0.25) is 4.79 Å². The highest BCUT2D eigenvalue weighted by atomic mass is 35.5. The number of likely N-dealkylation sites (tertiary alicyclic amines) is 1. The number of methoxy groups -OCH3 is 1. The van der Waals surface area contributed by atoms with E-state index < -0.39 is 0 Å². The van der Waals surface area contributed by atoms with Gasteiger partial charge in [0.1, 0.15) is 0 Å². The Morgan fingerprint density at radius 3 is 2.71 bits per heavy atom. The predicted octanol–water partition coefficient (Wildman–Crippen LogP) is 5.08. The molecule has 192 valence electrons. The Balaban J connectivity index is 0.00000578. The average Bonchev–Trinajstić information content (AvgIpc) is 2.81. The van der Waals surface area contributed by atoms with Crippen LogP contribution < -0.4 is 20.1 Å². The van der Waals surface area contributed by atoms with Gasteiger partial charge in [0, 0.05) is 32.1 Å². The Hall–Kier alpha value is -2.25. The molecule has 34 heavy (non-hydrogen) atoms. The number of amides is 2. The predicted molar refractivity (Wildman–Crippen MR) is 139 cm³/mol. The molecule has 7 nitrogen and oxygen atoms in total. The monoisotopic (exact) mass is 495 g/mol. The van der Waals surface area contributed by atoms with Gasteiger partial charge in [-0.05, 0) is 69.2 Å². The number of carbonyl (C=O) groups is 2. The molecule has 0 spiro atoms. The van der Waals surface area contributed by atoms with E-state index in [1.54, 1.807) is 24.1 Å². The maximum absolute atomic E-state index is 12.8. The first-order valence-electron chi connectivity index (χ1n) is 12.2. The fraction of sp³-hybridized carbons (Fsp3) is 0.615. The van der Waals surface area contributed by atoms with Gasteiger partial charge >= 0.3 is 6.09 Å². The van der Waals surface area contributed by atoms with Crippen molar-refractivity contribution >= 4 is 24.4 Å². The zero-order valence-electron chi connectivity index (χ0n) is 21.1. The fourth-order valence-corrected chi connectivity index (χ4v) is 3.95. The molecule has 8 heteroatoms. The van der Waals surface area contributed by atoms with Crippen molar-refractivity contribution < 1.29 is 19.1 Å². The third-order valence-electron chi connectivity index (χ3n) is 5.76. The van der Waals surface area contributed by atoms with E-state index in [4.69, 9.17) is 9.47 Å². The van der Waals surface area contributed by atoms with Gasteiger partial charge in [-0.15, -0.1) is 12.4 Å². The Bertz CT molecular complexity index is 783. The zero-order valence-corrected chi connectivity index (χ0v) is 21.9. The van der Waals surface area contributed by atoms with Crippen molar-refractivity contribution in [3.05, 3.63) is 35.9 Å². The molecule has 2 rings (SSSR count). The molecule has 1 aromatic rings. The largest absolute Gasteiger partial charge is 0.493 e. The van der Waals surface area contributed by atoms with E-state index in [0.29, 0.717) is 36.9 Å². The van der Waals surface area contributed by atoms with Gasteiger partial charge in [0.05, 0.1) is 7.11 Å². The number of piperidine rings is 1. The molecular weight excluding hydrogens is 454 g/mol. The summed E-state index contributed by atoms with van der Waals surface area (Å²) in [7, 11) is 3.44. The number of ether oxygens (including phenoxy) is 2. The van der Waals surface area contributed by atoms with Crippen molar-refractivity contribution in [3.8, 4) is 11.5 Å². The Labute approximate surface area is 211 Å². The van der Waals surface area contributed by atoms with Gasteiger partial charge in [0.2, 0.25) is 5.91 Å². The van der Waals surface area contributed by atoms with Gasteiger partial charge in [0.25, 0.3) is 0 Å². The normalized spacial score (nSPS) is 15.8. The number of rotatable bonds is 12. The van der Waals surface area contributed by atoms with Crippen LogP contribution in [0.1, 0.15) is 64.4 Å². The molecule has 0 radical (unpaired) electrons. The number of hydrogen-bond acceptors (Lipinski definition) is 5. The van der Waals surface area contributed by atoms with Crippen LogP contribution in [0.5, 0.6) is 11.5 Å². The molecule has 2 N–H and O–H groups in total. The second-order valence-corrected chi connectivity index (χ2v) is 8.95. The Kier molecular flexibility index (Phi) is 14.4. The highest BCUT2D eigenvalue weighted by Gasteiger charge is 2.28. The van der Waals surface area contributed by atoms with Crippen molar-refractivity contribution in [1.29, 1.82) is 0 Å². The summed E-state index contributed by atoms with van der Waals surface area (Å²) >= 11 is 0. The minimum Gasteiger partial charge on any atom is -0.493 e. The second-order valence-electron chi connectivity index (χ2n) is 8.95. The lowest BCUT2D eigenvalue weighted by Crippen LogP contribution is -2.49. The first kappa shape index (κ1) is 29.8. The zero-order chi connectivity index (χ0) is 24.1. The lowest BCUT2D eigenvalue weighted by Gasteiger charge is -2.34. The number of halogens is 1. The molecule has 1 atom stereocenters. The number of nitrogens with one attached hydrogen (secondary N) is 2. The molecule has 1 fully saturated rings. The first-order valence-corrected chi connectivity index (χ1v) is 12.2. The Morgan fingerprint density at radius 2 is 2.00 bits per heavy atom. The smallest absolute Gasteiger partial charge is 0.415 e. The molecule has 0 saturated carbocycles. The lowest BCUT2D eigenvalue weighted by atomic mass is 10.0. The minimum absolute atomic E-state index is 0. The quantitative estimate of drug-likeness (QED) is 0.312. The molecule has 1 aliphatic rings. The summed E-state index contributed by atoms with van der Waals surface area (Å²) in [5.41, 5.74) is 0.894. The van der Waals surface area contributed by atoms with Crippen LogP contribution in [0.4, 0.5) is 4.79 Å². The van der Waals surface area contributed by atoms with Crippen LogP contribution in [-0.4, -0.2) is 50.2 Å². The summed E-state index contributed by atoms with van der Waals surface area (Å²) < 4.78 is 11.1. The number of nitrogens with zero attached hydrogens (tertiary/aromatic N) is 1. The molecule has 1 aliphatic heterocycles. The summed E-state index contributed by atoms with van der Waals surface area (Å²) in [5, 5.41) is 6.11. The molecule has 1 saturated heterocycles. The van der Waals surface area contributed by atoms with E-state index >= 15 is 0 Å². The summed E-state index contributed by atoms with van der Waals surface area (Å²) in [6.07, 6.45) is 10.5. The van der Waals surface area contributed by atoms with E-state index in [2.05, 4.69) is 36.6 Å². The van der Waals surface area contributed by atoms with Gasteiger partial charge in [-0.25, -0.2) is 4.79 Å². The van der Waals surface area contributed by atoms with Crippen molar-refractivity contribution in [2.45, 2.75) is 71.4 Å². The van der Waals surface area contributed by atoms with Crippen LogP contribution in [0.3, 0.4) is 0 Å². The maximum atomic E-state index is 12.8. The maximum Gasteiger partial charge on any atom is 0.415 e. The molecule has 0 bridgehead atoms. The highest BCUT2D eigenvalue weighted by molar-refractivity contribution is 5.85. The van der Waals surface area contributed by atoms with E-state index in [1.165, 1.54) is 0 Å². The number of benzene rings is 1. The SMILES string of the molecule is CNC[C@H]1CCCCN1C(=O)Oc1ccc(CNC(=O)CCCC/C=C/C(C)C)cc1OC.Cl. The van der Waals surface area contributed by atoms with Crippen molar-refractivity contribution in [1.82, 2.24) is 15.5 Å². The average molecular weight is 496 g/mol. The molecule has 2 amide bonds. The van der Waals surface area contributed by atoms with Crippen LogP contribution in [0, 0.1) is 5.92 Å². The summed E-state index contributed by atoms with van der Waals surface area (Å²) in [6.45, 7) is 6.17. The number of unbranched alkanes of at least 4 members (excludes halogenated alkanes) is 2. The Morgan fingerprint density at radius 1 is 1.21 bits per heavy atom. The summed E-state index contributed by atoms with van der Waals surface area (Å²) in [6, 6.07) is 5.53. The van der Waals surface area contributed by atoms with E-state index in [9.17, 15) is 9.59 Å². The topological polar surface area (TPSA) is 79.9 Å². The lowest BCUT2D eigenvalue weighted by molar-refractivity contribution is -0.121. The second kappa shape index (κ2) is 16.4. The van der Waals surface area contributed by atoms with E-state index in [1.807, 2.05) is 13.1 Å². The molecule has 1 aromatic carbocycles. The van der Waals surface area contributed by atoms with Gasteiger partial charge in [-0.1, -0.05) is 32.1 Å². The number of hydrogen-bond donors (Lipinski definition) is 2. The van der Waals surface area contributed by atoms with Crippen LogP contribution in [-0.2, 0) is 11.3 Å². The minimum atomic E-state index is -0.349. The van der Waals surface area contributed by atoms with E-state index in [0.717, 1.165) is 50.6 Å². The molecule has 0 unspecified atom stereocenters. The number of likely N-dealkylation sites (N-methyl/N-ethyl adjacent to an activating group) is 1. The molecular formula is C26H42ClN3O4. The third-order valence-corrected chi connectivity index (χ3v) is 5.76. The third kappa shape index (κ3) is 10.3. The van der Waals surface area contributed by atoms with Crippen LogP contribution in [0.2, 0.25) is 0 Å². The summed E-state index contributed by atoms with van der Waals surface area (Å²) in [5.74, 6) is 1.48. The molecule has 0 aromatic heterocycles. The standard InChI is InChI=1S/C26H41N3O4.ClH/c1-20(2)11-7-5-6-8-13-25(30)28-18-21-14-15-23(24(17-21)32-4)33-26(31)29-16-10-9-12-22(29)19-27-3;/h7,11,14-15,17,20,22,27H,5-6,8-10,12-13,16,18-19H2,1-4H3,(H,28,30);1H/b11-7+;/t22-;/m1./s1. The highest BCUT2D eigenvalue weighted by Crippen LogP contribution is 2.29. The van der Waals surface area contributed by atoms with Crippen molar-refractivity contribution in [2.75, 3.05) is 27.2 Å². The molecule has 0 aliphatic carbocycles. The van der Waals surface area contributed by atoms with E-state index in [-0.39, 0.29) is 30.4 Å². The van der Waals surface area contributed by atoms with Crippen LogP contribution in [0.25, 0.3) is 0 Å². The summed E-state index contributed by atoms with van der Waals surface area (Å²) in [4.78, 5) is 26.7. The first-order chi connectivity index (χ1) is 15.9. The van der Waals surface area contributed by atoms with Crippen LogP contribution >= 0.6 is 12.4 Å². The van der Waals surface area contributed by atoms with Crippen molar-refractivity contribution in [2.24, 2.45) is 5.92 Å². The number of carbonyl (C=O) groups excluding carboxylic acids is 2. The number of allylic oxidation sites excluding steroid dienone is 2. The van der Waals surface area contributed by atoms with Gasteiger partial charge in [0.15, 0.2) is 11.5 Å². The van der Waals surface area contributed by atoms with Gasteiger partial charge in [-0.2, -0.15) is 0 Å². The molecule has 1 heterocycles. The van der Waals surface area contributed by atoms with Gasteiger partial charge < -0.3 is 25.0 Å². The van der Waals surface area contributed by atoms with Crippen molar-refractivity contribution in [3.63, 3.8) is 0 Å². The van der Waals surface area contributed by atoms with Crippen LogP contribution in [0.15, 0.2) is 30.4 Å².